The molecule has 0 bridgehead atoms. The van der Waals surface area contributed by atoms with Crippen LogP contribution in [0.3, 0.4) is 0 Å². The molecule has 2 aromatic rings. The number of carbonyl (C=O) groups excluding carboxylic acids is 1. The van der Waals surface area contributed by atoms with E-state index < -0.39 is 0 Å². The fourth-order valence-electron chi connectivity index (χ4n) is 1.89. The van der Waals surface area contributed by atoms with Crippen LogP contribution in [0.15, 0.2) is 48.5 Å². The maximum Gasteiger partial charge on any atom is 0.193 e. The highest BCUT2D eigenvalue weighted by molar-refractivity contribution is 6.09. The van der Waals surface area contributed by atoms with Crippen LogP contribution in [0, 0.1) is 6.92 Å². The molecular weight excluding hydrogens is 224 g/mol. The van der Waals surface area contributed by atoms with Crippen LogP contribution in [0.4, 0.5) is 0 Å². The summed E-state index contributed by atoms with van der Waals surface area (Å²) in [6.45, 7) is 4.50. The molecule has 0 radical (unpaired) electrons. The average molecular weight is 240 g/mol. The lowest BCUT2D eigenvalue weighted by atomic mass is 9.99. The van der Waals surface area contributed by atoms with Gasteiger partial charge in [0, 0.05) is 11.1 Å². The molecule has 0 spiro atoms. The zero-order chi connectivity index (χ0) is 13.0. The third kappa shape index (κ3) is 2.59. The van der Waals surface area contributed by atoms with Crippen LogP contribution in [0.25, 0.3) is 0 Å². The Balaban J connectivity index is 2.32. The highest BCUT2D eigenvalue weighted by atomic mass is 16.5. The molecule has 0 aliphatic rings. The number of ketones is 1. The Morgan fingerprint density at radius 3 is 2.44 bits per heavy atom. The first-order chi connectivity index (χ1) is 8.72. The minimum Gasteiger partial charge on any atom is -0.494 e. The fourth-order valence-corrected chi connectivity index (χ4v) is 1.89. The molecule has 0 saturated heterocycles. The van der Waals surface area contributed by atoms with Crippen molar-refractivity contribution in [1.82, 2.24) is 0 Å². The molecule has 2 heteroatoms. The second-order valence-corrected chi connectivity index (χ2v) is 4.10. The molecule has 0 fully saturated rings. The normalized spacial score (nSPS) is 10.1. The number of hydrogen-bond acceptors (Lipinski definition) is 2. The van der Waals surface area contributed by atoms with E-state index >= 15 is 0 Å². The van der Waals surface area contributed by atoms with Gasteiger partial charge in [0.15, 0.2) is 5.78 Å². The van der Waals surface area contributed by atoms with Crippen molar-refractivity contribution < 1.29 is 9.53 Å². The monoisotopic (exact) mass is 240 g/mol. The molecule has 2 rings (SSSR count). The molecule has 0 aromatic heterocycles. The zero-order valence-electron chi connectivity index (χ0n) is 10.6. The van der Waals surface area contributed by atoms with Crippen LogP contribution in [0.2, 0.25) is 0 Å². The SMILES string of the molecule is CCOc1ccc(C(=O)c2ccccc2)c(C)c1. The number of aryl methyl sites for hydroxylation is 1. The first-order valence-electron chi connectivity index (χ1n) is 6.05. The summed E-state index contributed by atoms with van der Waals surface area (Å²) in [6.07, 6.45) is 0. The van der Waals surface area contributed by atoms with Gasteiger partial charge < -0.3 is 4.74 Å². The second-order valence-electron chi connectivity index (χ2n) is 4.10. The van der Waals surface area contributed by atoms with E-state index in [0.29, 0.717) is 12.2 Å². The van der Waals surface area contributed by atoms with Crippen molar-refractivity contribution in [3.05, 3.63) is 65.2 Å². The van der Waals surface area contributed by atoms with Crippen molar-refractivity contribution in [1.29, 1.82) is 0 Å². The average Bonchev–Trinajstić information content (AvgIpc) is 2.40. The Morgan fingerprint density at radius 2 is 1.83 bits per heavy atom. The van der Waals surface area contributed by atoms with Crippen LogP contribution >= 0.6 is 0 Å². The summed E-state index contributed by atoms with van der Waals surface area (Å²) in [5.41, 5.74) is 2.38. The molecule has 0 unspecified atom stereocenters. The van der Waals surface area contributed by atoms with Crippen LogP contribution in [0.1, 0.15) is 28.4 Å². The third-order valence-corrected chi connectivity index (χ3v) is 2.79. The van der Waals surface area contributed by atoms with Gasteiger partial charge >= 0.3 is 0 Å². The summed E-state index contributed by atoms with van der Waals surface area (Å²) in [4.78, 5) is 12.3. The minimum absolute atomic E-state index is 0.0520. The molecule has 0 aliphatic carbocycles. The maximum atomic E-state index is 12.3. The largest absolute Gasteiger partial charge is 0.494 e. The van der Waals surface area contributed by atoms with E-state index in [4.69, 9.17) is 4.74 Å². The predicted octanol–water partition coefficient (Wildman–Crippen LogP) is 3.62. The molecule has 0 atom stereocenters. The van der Waals surface area contributed by atoms with Gasteiger partial charge in [-0.05, 0) is 37.6 Å². The van der Waals surface area contributed by atoms with Gasteiger partial charge in [0.2, 0.25) is 0 Å². The van der Waals surface area contributed by atoms with Gasteiger partial charge in [-0.2, -0.15) is 0 Å². The van der Waals surface area contributed by atoms with Crippen molar-refractivity contribution in [2.24, 2.45) is 0 Å². The van der Waals surface area contributed by atoms with Gasteiger partial charge in [-0.3, -0.25) is 4.79 Å². The Kier molecular flexibility index (Phi) is 3.78. The topological polar surface area (TPSA) is 26.3 Å². The lowest BCUT2D eigenvalue weighted by molar-refractivity contribution is 0.103. The Labute approximate surface area is 107 Å². The minimum atomic E-state index is 0.0520. The van der Waals surface area contributed by atoms with E-state index in [1.165, 1.54) is 0 Å². The Hall–Kier alpha value is -2.09. The van der Waals surface area contributed by atoms with Crippen LogP contribution in [-0.4, -0.2) is 12.4 Å². The summed E-state index contributed by atoms with van der Waals surface area (Å²) in [6, 6.07) is 14.9. The van der Waals surface area contributed by atoms with E-state index in [-0.39, 0.29) is 5.78 Å². The lowest BCUT2D eigenvalue weighted by Gasteiger charge is -2.08. The van der Waals surface area contributed by atoms with E-state index in [1.807, 2.05) is 62.4 Å². The number of hydrogen-bond donors (Lipinski definition) is 0. The quantitative estimate of drug-likeness (QED) is 0.763. The van der Waals surface area contributed by atoms with Gasteiger partial charge in [0.05, 0.1) is 6.61 Å². The van der Waals surface area contributed by atoms with Crippen molar-refractivity contribution in [3.8, 4) is 5.75 Å². The van der Waals surface area contributed by atoms with Crippen molar-refractivity contribution in [2.75, 3.05) is 6.61 Å². The summed E-state index contributed by atoms with van der Waals surface area (Å²) in [5.74, 6) is 0.857. The van der Waals surface area contributed by atoms with Crippen molar-refractivity contribution in [2.45, 2.75) is 13.8 Å². The maximum absolute atomic E-state index is 12.3. The molecule has 18 heavy (non-hydrogen) atoms. The van der Waals surface area contributed by atoms with Crippen LogP contribution in [0.5, 0.6) is 5.75 Å². The molecule has 2 nitrogen and oxygen atoms in total. The van der Waals surface area contributed by atoms with Gasteiger partial charge in [0.1, 0.15) is 5.75 Å². The van der Waals surface area contributed by atoms with E-state index in [9.17, 15) is 4.79 Å². The number of benzene rings is 2. The molecule has 0 aliphatic heterocycles. The second kappa shape index (κ2) is 5.50. The first-order valence-corrected chi connectivity index (χ1v) is 6.05. The molecule has 92 valence electrons. The number of carbonyl (C=O) groups is 1. The van der Waals surface area contributed by atoms with Gasteiger partial charge in [-0.1, -0.05) is 30.3 Å². The van der Waals surface area contributed by atoms with Crippen molar-refractivity contribution >= 4 is 5.78 Å². The summed E-state index contributed by atoms with van der Waals surface area (Å²) in [5, 5.41) is 0. The molecule has 0 saturated carbocycles. The number of ether oxygens (including phenoxy) is 1. The molecule has 0 heterocycles. The first kappa shape index (κ1) is 12.4. The Morgan fingerprint density at radius 1 is 1.11 bits per heavy atom. The number of rotatable bonds is 4. The summed E-state index contributed by atoms with van der Waals surface area (Å²) in [7, 11) is 0. The van der Waals surface area contributed by atoms with Crippen molar-refractivity contribution in [3.63, 3.8) is 0 Å². The lowest BCUT2D eigenvalue weighted by Crippen LogP contribution is -2.04. The van der Waals surface area contributed by atoms with Gasteiger partial charge in [-0.15, -0.1) is 0 Å². The van der Waals surface area contributed by atoms with Crippen LogP contribution < -0.4 is 4.74 Å². The third-order valence-electron chi connectivity index (χ3n) is 2.79. The molecule has 2 aromatic carbocycles. The van der Waals surface area contributed by atoms with Crippen LogP contribution in [-0.2, 0) is 0 Å². The van der Waals surface area contributed by atoms with E-state index in [1.54, 1.807) is 0 Å². The Bertz CT molecular complexity index is 544. The van der Waals surface area contributed by atoms with E-state index in [2.05, 4.69) is 0 Å². The summed E-state index contributed by atoms with van der Waals surface area (Å²) < 4.78 is 5.42. The predicted molar refractivity (Wildman–Crippen MR) is 72.2 cm³/mol. The summed E-state index contributed by atoms with van der Waals surface area (Å²) >= 11 is 0. The highest BCUT2D eigenvalue weighted by Crippen LogP contribution is 2.20. The standard InChI is InChI=1S/C16H16O2/c1-3-18-14-9-10-15(12(2)11-14)16(17)13-7-5-4-6-8-13/h4-11H,3H2,1-2H3. The molecule has 0 N–H and O–H groups in total. The van der Waals surface area contributed by atoms with Gasteiger partial charge in [0.25, 0.3) is 0 Å². The zero-order valence-corrected chi connectivity index (χ0v) is 10.6. The molecular formula is C16H16O2. The fraction of sp³-hybridized carbons (Fsp3) is 0.188. The smallest absolute Gasteiger partial charge is 0.193 e. The molecule has 0 amide bonds. The van der Waals surface area contributed by atoms with E-state index in [0.717, 1.165) is 16.9 Å². The van der Waals surface area contributed by atoms with Gasteiger partial charge in [-0.25, -0.2) is 0 Å². The highest BCUT2D eigenvalue weighted by Gasteiger charge is 2.11.